The molecule has 1 aromatic carbocycles. The van der Waals surface area contributed by atoms with E-state index in [0.29, 0.717) is 8.95 Å². The van der Waals surface area contributed by atoms with Crippen molar-refractivity contribution in [2.24, 2.45) is 5.92 Å². The molecule has 2 unspecified atom stereocenters. The standard InChI is InChI=1S/C13H17Br2NO3S/c14-10-5-6-11(15)13(7-10)20(18,19)16-8-9-3-1-2-4-12(9)17/h5-7,9,12,16-17H,1-4,8H2. The molecule has 0 saturated heterocycles. The Hall–Kier alpha value is 0.0500. The molecule has 0 bridgehead atoms. The zero-order valence-electron chi connectivity index (χ0n) is 10.9. The van der Waals surface area contributed by atoms with E-state index in [0.717, 1.165) is 25.7 Å². The van der Waals surface area contributed by atoms with Crippen LogP contribution in [0.15, 0.2) is 32.0 Å². The molecule has 2 atom stereocenters. The van der Waals surface area contributed by atoms with Gasteiger partial charge >= 0.3 is 0 Å². The number of nitrogens with one attached hydrogen (secondary N) is 1. The molecule has 1 aromatic rings. The Kier molecular flexibility index (Phi) is 5.64. The fourth-order valence-electron chi connectivity index (χ4n) is 2.40. The minimum Gasteiger partial charge on any atom is -0.393 e. The van der Waals surface area contributed by atoms with Crippen molar-refractivity contribution < 1.29 is 13.5 Å². The summed E-state index contributed by atoms with van der Waals surface area (Å²) in [6, 6.07) is 5.02. The molecular weight excluding hydrogens is 410 g/mol. The maximum absolute atomic E-state index is 12.3. The molecule has 0 aliphatic heterocycles. The lowest BCUT2D eigenvalue weighted by Gasteiger charge is -2.27. The van der Waals surface area contributed by atoms with Crippen LogP contribution in [-0.2, 0) is 10.0 Å². The number of hydrogen-bond donors (Lipinski definition) is 2. The first-order valence-corrected chi connectivity index (χ1v) is 9.60. The SMILES string of the molecule is O=S(=O)(NCC1CCCCC1O)c1cc(Br)ccc1Br. The van der Waals surface area contributed by atoms with E-state index >= 15 is 0 Å². The van der Waals surface area contributed by atoms with Crippen LogP contribution < -0.4 is 4.72 Å². The molecule has 1 aliphatic rings. The van der Waals surface area contributed by atoms with E-state index in [4.69, 9.17) is 0 Å². The van der Waals surface area contributed by atoms with Crippen molar-refractivity contribution in [3.8, 4) is 0 Å². The van der Waals surface area contributed by atoms with E-state index in [1.807, 2.05) is 0 Å². The van der Waals surface area contributed by atoms with Gasteiger partial charge in [-0.3, -0.25) is 0 Å². The molecule has 1 aliphatic carbocycles. The second kappa shape index (κ2) is 6.87. The van der Waals surface area contributed by atoms with Crippen molar-refractivity contribution in [3.05, 3.63) is 27.1 Å². The highest BCUT2D eigenvalue weighted by molar-refractivity contribution is 9.11. The lowest BCUT2D eigenvalue weighted by Crippen LogP contribution is -2.36. The van der Waals surface area contributed by atoms with Crippen molar-refractivity contribution in [1.29, 1.82) is 0 Å². The molecule has 0 aromatic heterocycles. The predicted octanol–water partition coefficient (Wildman–Crippen LogP) is 3.04. The minimum absolute atomic E-state index is 0.00412. The summed E-state index contributed by atoms with van der Waals surface area (Å²) in [5, 5.41) is 9.88. The van der Waals surface area contributed by atoms with Gasteiger partial charge < -0.3 is 5.11 Å². The third kappa shape index (κ3) is 4.04. The number of hydrogen-bond acceptors (Lipinski definition) is 3. The molecule has 0 heterocycles. The maximum atomic E-state index is 12.3. The highest BCUT2D eigenvalue weighted by atomic mass is 79.9. The van der Waals surface area contributed by atoms with Gasteiger partial charge in [-0.2, -0.15) is 0 Å². The lowest BCUT2D eigenvalue weighted by atomic mass is 9.87. The van der Waals surface area contributed by atoms with Crippen LogP contribution in [0.4, 0.5) is 0 Å². The topological polar surface area (TPSA) is 66.4 Å². The summed E-state index contributed by atoms with van der Waals surface area (Å²) in [5.41, 5.74) is 0. The van der Waals surface area contributed by atoms with E-state index in [-0.39, 0.29) is 17.4 Å². The Morgan fingerprint density at radius 2 is 1.95 bits per heavy atom. The first-order chi connectivity index (χ1) is 9.40. The first kappa shape index (κ1) is 16.4. The fraction of sp³-hybridized carbons (Fsp3) is 0.538. The molecule has 20 heavy (non-hydrogen) atoms. The second-order valence-electron chi connectivity index (χ2n) is 5.04. The van der Waals surface area contributed by atoms with Gasteiger partial charge in [0.2, 0.25) is 10.0 Å². The fourth-order valence-corrected chi connectivity index (χ4v) is 5.00. The van der Waals surface area contributed by atoms with Crippen LogP contribution >= 0.6 is 31.9 Å². The number of rotatable bonds is 4. The third-order valence-electron chi connectivity index (χ3n) is 3.59. The quantitative estimate of drug-likeness (QED) is 0.777. The molecule has 112 valence electrons. The Bertz CT molecular complexity index is 577. The van der Waals surface area contributed by atoms with Crippen molar-refractivity contribution >= 4 is 41.9 Å². The lowest BCUT2D eigenvalue weighted by molar-refractivity contribution is 0.0724. The summed E-state index contributed by atoms with van der Waals surface area (Å²) in [6.45, 7) is 0.280. The van der Waals surface area contributed by atoms with Crippen LogP contribution in [0.1, 0.15) is 25.7 Å². The van der Waals surface area contributed by atoms with E-state index in [2.05, 4.69) is 36.6 Å². The zero-order chi connectivity index (χ0) is 14.8. The van der Waals surface area contributed by atoms with Gasteiger partial charge in [0.25, 0.3) is 0 Å². The Balaban J connectivity index is 2.09. The van der Waals surface area contributed by atoms with Crippen LogP contribution in [-0.4, -0.2) is 26.2 Å². The van der Waals surface area contributed by atoms with Gasteiger partial charge in [0.1, 0.15) is 0 Å². The average Bonchev–Trinajstić information content (AvgIpc) is 2.40. The highest BCUT2D eigenvalue weighted by Crippen LogP contribution is 2.27. The van der Waals surface area contributed by atoms with Gasteiger partial charge in [-0.15, -0.1) is 0 Å². The number of benzene rings is 1. The molecule has 2 rings (SSSR count). The molecule has 0 spiro atoms. The smallest absolute Gasteiger partial charge is 0.241 e. The monoisotopic (exact) mass is 425 g/mol. The number of aliphatic hydroxyl groups excluding tert-OH is 1. The molecule has 4 nitrogen and oxygen atoms in total. The largest absolute Gasteiger partial charge is 0.393 e. The molecule has 0 amide bonds. The van der Waals surface area contributed by atoms with E-state index in [9.17, 15) is 13.5 Å². The summed E-state index contributed by atoms with van der Waals surface area (Å²) in [4.78, 5) is 0.206. The van der Waals surface area contributed by atoms with Crippen molar-refractivity contribution in [3.63, 3.8) is 0 Å². The van der Waals surface area contributed by atoms with Crippen LogP contribution in [0, 0.1) is 5.92 Å². The zero-order valence-corrected chi connectivity index (χ0v) is 14.8. The van der Waals surface area contributed by atoms with Gasteiger partial charge in [0, 0.05) is 15.5 Å². The Labute approximate surface area is 136 Å². The summed E-state index contributed by atoms with van der Waals surface area (Å²) in [5.74, 6) is 0.00412. The van der Waals surface area contributed by atoms with Crippen molar-refractivity contribution in [2.45, 2.75) is 36.7 Å². The summed E-state index contributed by atoms with van der Waals surface area (Å²) in [6.07, 6.45) is 3.28. The minimum atomic E-state index is -3.57. The molecular formula is C13H17Br2NO3S. The van der Waals surface area contributed by atoms with Gasteiger partial charge in [-0.25, -0.2) is 13.1 Å². The van der Waals surface area contributed by atoms with Crippen LogP contribution in [0.3, 0.4) is 0 Å². The van der Waals surface area contributed by atoms with E-state index < -0.39 is 16.1 Å². The number of sulfonamides is 1. The van der Waals surface area contributed by atoms with Gasteiger partial charge in [0.05, 0.1) is 11.0 Å². The molecule has 0 radical (unpaired) electrons. The summed E-state index contributed by atoms with van der Waals surface area (Å²) in [7, 11) is -3.57. The van der Waals surface area contributed by atoms with E-state index in [1.54, 1.807) is 18.2 Å². The normalized spacial score (nSPS) is 23.8. The van der Waals surface area contributed by atoms with E-state index in [1.165, 1.54) is 0 Å². The van der Waals surface area contributed by atoms with Crippen molar-refractivity contribution in [2.75, 3.05) is 6.54 Å². The van der Waals surface area contributed by atoms with Crippen molar-refractivity contribution in [1.82, 2.24) is 4.72 Å². The summed E-state index contributed by atoms with van der Waals surface area (Å²) >= 11 is 6.53. The maximum Gasteiger partial charge on any atom is 0.241 e. The summed E-state index contributed by atoms with van der Waals surface area (Å²) < 4.78 is 28.5. The Morgan fingerprint density at radius 3 is 2.65 bits per heavy atom. The van der Waals surface area contributed by atoms with Crippen LogP contribution in [0.2, 0.25) is 0 Å². The third-order valence-corrected chi connectivity index (χ3v) is 6.50. The van der Waals surface area contributed by atoms with Crippen LogP contribution in [0.5, 0.6) is 0 Å². The second-order valence-corrected chi connectivity index (χ2v) is 8.54. The molecule has 1 fully saturated rings. The number of aliphatic hydroxyl groups is 1. The predicted molar refractivity (Wildman–Crippen MR) is 85.0 cm³/mol. The first-order valence-electron chi connectivity index (χ1n) is 6.53. The Morgan fingerprint density at radius 1 is 1.25 bits per heavy atom. The highest BCUT2D eigenvalue weighted by Gasteiger charge is 2.26. The molecule has 7 heteroatoms. The molecule has 1 saturated carbocycles. The van der Waals surface area contributed by atoms with Gasteiger partial charge in [-0.1, -0.05) is 28.8 Å². The van der Waals surface area contributed by atoms with Gasteiger partial charge in [-0.05, 0) is 52.9 Å². The average molecular weight is 427 g/mol. The number of halogens is 2. The van der Waals surface area contributed by atoms with Crippen LogP contribution in [0.25, 0.3) is 0 Å². The molecule has 2 N–H and O–H groups in total. The van der Waals surface area contributed by atoms with Gasteiger partial charge in [0.15, 0.2) is 0 Å².